The zero-order chi connectivity index (χ0) is 15.9. The predicted molar refractivity (Wildman–Crippen MR) is 84.7 cm³/mol. The molecule has 0 unspecified atom stereocenters. The summed E-state index contributed by atoms with van der Waals surface area (Å²) in [6.45, 7) is 5.43. The fourth-order valence-corrected chi connectivity index (χ4v) is 3.45. The molecule has 1 aromatic rings. The summed E-state index contributed by atoms with van der Waals surface area (Å²) in [5.41, 5.74) is 3.43. The van der Waals surface area contributed by atoms with Crippen molar-refractivity contribution in [3.63, 3.8) is 0 Å². The van der Waals surface area contributed by atoms with E-state index in [1.807, 2.05) is 25.8 Å². The van der Waals surface area contributed by atoms with Crippen LogP contribution in [-0.4, -0.2) is 54.0 Å². The molecule has 0 bridgehead atoms. The molecule has 1 N–H and O–H groups in total. The molecule has 2 aliphatic rings. The summed E-state index contributed by atoms with van der Waals surface area (Å²) in [5.74, 6) is 0.149. The number of likely N-dealkylation sites (N-methyl/N-ethyl adjacent to an activating group) is 1. The molecule has 118 valence electrons. The number of nitrogens with one attached hydrogen (secondary N) is 1. The first-order chi connectivity index (χ1) is 10.5. The number of likely N-dealkylation sites (tertiary alicyclic amines) is 1. The normalized spacial score (nSPS) is 24.2. The maximum Gasteiger partial charge on any atom is 0.317 e. The monoisotopic (exact) mass is 301 g/mol. The Morgan fingerprint density at radius 3 is 2.91 bits per heavy atom. The number of piperidine rings is 1. The zero-order valence-electron chi connectivity index (χ0n) is 13.4. The lowest BCUT2D eigenvalue weighted by molar-refractivity contribution is -0.132. The number of hydrogen-bond donors (Lipinski definition) is 1. The molecule has 5 nitrogen and oxygen atoms in total. The molecule has 2 atom stereocenters. The second-order valence-corrected chi connectivity index (χ2v) is 6.47. The van der Waals surface area contributed by atoms with Crippen LogP contribution in [-0.2, 0) is 11.2 Å². The number of nitrogens with zero attached hydrogens (tertiary/aromatic N) is 2. The Bertz CT molecular complexity index is 614. The number of benzene rings is 1. The molecule has 5 heteroatoms. The zero-order valence-corrected chi connectivity index (χ0v) is 13.4. The van der Waals surface area contributed by atoms with Gasteiger partial charge in [0.1, 0.15) is 0 Å². The maximum atomic E-state index is 12.6. The minimum atomic E-state index is -0.0289. The van der Waals surface area contributed by atoms with Crippen LogP contribution in [0.3, 0.4) is 0 Å². The number of carbonyl (C=O) groups is 2. The molecule has 22 heavy (non-hydrogen) atoms. The van der Waals surface area contributed by atoms with Gasteiger partial charge in [-0.05, 0) is 31.4 Å². The first-order valence-electron chi connectivity index (χ1n) is 7.83. The topological polar surface area (TPSA) is 52.7 Å². The summed E-state index contributed by atoms with van der Waals surface area (Å²) in [4.78, 5) is 27.9. The molecular formula is C17H23N3O2. The number of fused-ring (bicyclic) bond motifs is 1. The Labute approximate surface area is 131 Å². The first-order valence-corrected chi connectivity index (χ1v) is 7.83. The number of amides is 3. The third kappa shape index (κ3) is 2.67. The van der Waals surface area contributed by atoms with Crippen molar-refractivity contribution in [3.8, 4) is 0 Å². The van der Waals surface area contributed by atoms with Gasteiger partial charge in [-0.1, -0.05) is 23.8 Å². The number of hydrogen-bond acceptors (Lipinski definition) is 2. The van der Waals surface area contributed by atoms with Crippen LogP contribution in [0.1, 0.15) is 23.1 Å². The quantitative estimate of drug-likeness (QED) is 0.899. The van der Waals surface area contributed by atoms with E-state index in [1.165, 1.54) is 5.56 Å². The van der Waals surface area contributed by atoms with E-state index in [0.717, 1.165) is 24.1 Å². The number of rotatable bonds is 2. The molecular weight excluding hydrogens is 278 g/mol. The smallest absolute Gasteiger partial charge is 0.317 e. The molecule has 2 heterocycles. The van der Waals surface area contributed by atoms with Gasteiger partial charge in [-0.2, -0.15) is 0 Å². The van der Waals surface area contributed by atoms with Crippen LogP contribution in [0.25, 0.3) is 0 Å². The Kier molecular flexibility index (Phi) is 3.81. The average molecular weight is 301 g/mol. The highest BCUT2D eigenvalue weighted by Gasteiger charge is 2.41. The fraction of sp³-hybridized carbons (Fsp3) is 0.529. The van der Waals surface area contributed by atoms with Crippen molar-refractivity contribution >= 4 is 11.9 Å². The van der Waals surface area contributed by atoms with E-state index in [-0.39, 0.29) is 24.0 Å². The number of aryl methyl sites for hydroxylation is 2. The van der Waals surface area contributed by atoms with Gasteiger partial charge in [0, 0.05) is 20.1 Å². The SMILES string of the molecule is Cc1ccc(C)c(CC(=O)N2CC[C@H]3[C@@H](C2)NC(=O)N3C)c1. The van der Waals surface area contributed by atoms with Crippen molar-refractivity contribution in [1.29, 1.82) is 0 Å². The lowest BCUT2D eigenvalue weighted by Gasteiger charge is -2.36. The van der Waals surface area contributed by atoms with Crippen molar-refractivity contribution in [2.24, 2.45) is 0 Å². The van der Waals surface area contributed by atoms with Crippen LogP contribution in [0.5, 0.6) is 0 Å². The molecule has 3 amide bonds. The Morgan fingerprint density at radius 1 is 1.36 bits per heavy atom. The van der Waals surface area contributed by atoms with E-state index < -0.39 is 0 Å². The van der Waals surface area contributed by atoms with E-state index in [9.17, 15) is 9.59 Å². The molecule has 0 saturated carbocycles. The van der Waals surface area contributed by atoms with Crippen LogP contribution in [0, 0.1) is 13.8 Å². The Balaban J connectivity index is 1.67. The summed E-state index contributed by atoms with van der Waals surface area (Å²) < 4.78 is 0. The number of carbonyl (C=O) groups excluding carboxylic acids is 2. The second kappa shape index (κ2) is 5.63. The average Bonchev–Trinajstić information content (AvgIpc) is 2.77. The van der Waals surface area contributed by atoms with Gasteiger partial charge in [-0.25, -0.2) is 4.79 Å². The Hall–Kier alpha value is -2.04. The molecule has 2 saturated heterocycles. The highest BCUT2D eigenvalue weighted by Crippen LogP contribution is 2.22. The van der Waals surface area contributed by atoms with Crippen molar-refractivity contribution in [2.45, 2.75) is 38.8 Å². The summed E-state index contributed by atoms with van der Waals surface area (Å²) in [6, 6.07) is 6.48. The lowest BCUT2D eigenvalue weighted by Crippen LogP contribution is -2.52. The van der Waals surface area contributed by atoms with Crippen molar-refractivity contribution in [1.82, 2.24) is 15.1 Å². The van der Waals surface area contributed by atoms with E-state index >= 15 is 0 Å². The number of urea groups is 1. The van der Waals surface area contributed by atoms with Gasteiger partial charge in [0.15, 0.2) is 0 Å². The van der Waals surface area contributed by atoms with Gasteiger partial charge in [-0.3, -0.25) is 4.79 Å². The molecule has 1 aromatic carbocycles. The van der Waals surface area contributed by atoms with Gasteiger partial charge >= 0.3 is 6.03 Å². The lowest BCUT2D eigenvalue weighted by atomic mass is 9.98. The molecule has 0 aromatic heterocycles. The maximum absolute atomic E-state index is 12.6. The van der Waals surface area contributed by atoms with E-state index in [4.69, 9.17) is 0 Å². The third-order valence-corrected chi connectivity index (χ3v) is 4.90. The van der Waals surface area contributed by atoms with Crippen molar-refractivity contribution in [3.05, 3.63) is 34.9 Å². The summed E-state index contributed by atoms with van der Waals surface area (Å²) >= 11 is 0. The van der Waals surface area contributed by atoms with Crippen LogP contribution in [0.2, 0.25) is 0 Å². The summed E-state index contributed by atoms with van der Waals surface area (Å²) in [7, 11) is 1.83. The van der Waals surface area contributed by atoms with Gasteiger partial charge in [0.2, 0.25) is 5.91 Å². The highest BCUT2D eigenvalue weighted by molar-refractivity contribution is 5.81. The van der Waals surface area contributed by atoms with Gasteiger partial charge in [0.25, 0.3) is 0 Å². The third-order valence-electron chi connectivity index (χ3n) is 4.90. The minimum absolute atomic E-state index is 0.0289. The van der Waals surface area contributed by atoms with Gasteiger partial charge in [-0.15, -0.1) is 0 Å². The standard InChI is InChI=1S/C17H23N3O2/c1-11-4-5-12(2)13(8-11)9-16(21)20-7-6-15-14(10-20)18-17(22)19(15)3/h4-5,8,14-15H,6-7,9-10H2,1-3H3,(H,18,22)/t14-,15+/m1/s1. The van der Waals surface area contributed by atoms with Gasteiger partial charge in [0.05, 0.1) is 18.5 Å². The van der Waals surface area contributed by atoms with Crippen LogP contribution < -0.4 is 5.32 Å². The predicted octanol–water partition coefficient (Wildman–Crippen LogP) is 1.47. The second-order valence-electron chi connectivity index (χ2n) is 6.47. The van der Waals surface area contributed by atoms with E-state index in [2.05, 4.69) is 23.5 Å². The minimum Gasteiger partial charge on any atom is -0.340 e. The molecule has 0 aliphatic carbocycles. The molecule has 3 rings (SSSR count). The summed E-state index contributed by atoms with van der Waals surface area (Å²) in [5, 5.41) is 2.97. The van der Waals surface area contributed by atoms with E-state index in [0.29, 0.717) is 13.0 Å². The fourth-order valence-electron chi connectivity index (χ4n) is 3.45. The molecule has 2 fully saturated rings. The molecule has 2 aliphatic heterocycles. The Morgan fingerprint density at radius 2 is 2.14 bits per heavy atom. The first kappa shape index (κ1) is 14.9. The van der Waals surface area contributed by atoms with Crippen LogP contribution >= 0.6 is 0 Å². The van der Waals surface area contributed by atoms with Crippen LogP contribution in [0.4, 0.5) is 4.79 Å². The highest BCUT2D eigenvalue weighted by atomic mass is 16.2. The van der Waals surface area contributed by atoms with Crippen molar-refractivity contribution < 1.29 is 9.59 Å². The largest absolute Gasteiger partial charge is 0.340 e. The molecule has 0 radical (unpaired) electrons. The molecule has 0 spiro atoms. The van der Waals surface area contributed by atoms with Crippen LogP contribution in [0.15, 0.2) is 18.2 Å². The van der Waals surface area contributed by atoms with Gasteiger partial charge < -0.3 is 15.1 Å². The van der Waals surface area contributed by atoms with E-state index in [1.54, 1.807) is 4.90 Å². The van der Waals surface area contributed by atoms with Crippen molar-refractivity contribution in [2.75, 3.05) is 20.1 Å². The summed E-state index contributed by atoms with van der Waals surface area (Å²) in [6.07, 6.45) is 1.28.